The molecule has 0 spiro atoms. The van der Waals surface area contributed by atoms with Crippen molar-refractivity contribution < 1.29 is 19.4 Å². The standard InChI is InChI=1S/C27H25NO4/c1-17-8-12-21(13-9-17)26(29)25-18(2)28(24-7-5-4-6-23(24)25)22-14-10-20(11-15-22)16-32-19(3)27(30)31/h4-15,19H,16H2,1-3H3,(H,30,31)/t19-/m1/s1. The van der Waals surface area contributed by atoms with Gasteiger partial charge in [0.15, 0.2) is 11.9 Å². The number of aryl methyl sites for hydroxylation is 1. The number of carboxylic acid groups (broad SMARTS) is 1. The number of rotatable bonds is 7. The van der Waals surface area contributed by atoms with Crippen molar-refractivity contribution in [2.75, 3.05) is 0 Å². The number of aromatic nitrogens is 1. The molecule has 0 unspecified atom stereocenters. The lowest BCUT2D eigenvalue weighted by Gasteiger charge is -2.11. The minimum absolute atomic E-state index is 0.00475. The predicted octanol–water partition coefficient (Wildman–Crippen LogP) is 5.47. The summed E-state index contributed by atoms with van der Waals surface area (Å²) in [6.45, 7) is 5.70. The summed E-state index contributed by atoms with van der Waals surface area (Å²) < 4.78 is 7.46. The molecule has 0 fully saturated rings. The fourth-order valence-electron chi connectivity index (χ4n) is 3.87. The molecule has 1 heterocycles. The Balaban J connectivity index is 1.72. The second kappa shape index (κ2) is 8.81. The van der Waals surface area contributed by atoms with Crippen molar-refractivity contribution in [1.82, 2.24) is 4.57 Å². The quantitative estimate of drug-likeness (QED) is 0.397. The van der Waals surface area contributed by atoms with E-state index in [1.54, 1.807) is 0 Å². The minimum atomic E-state index is -0.984. The number of carbonyl (C=O) groups excluding carboxylic acids is 1. The zero-order valence-corrected chi connectivity index (χ0v) is 18.3. The van der Waals surface area contributed by atoms with E-state index in [0.29, 0.717) is 11.1 Å². The van der Waals surface area contributed by atoms with Crippen LogP contribution in [0, 0.1) is 13.8 Å². The van der Waals surface area contributed by atoms with Gasteiger partial charge in [-0.25, -0.2) is 4.79 Å². The third kappa shape index (κ3) is 4.07. The summed E-state index contributed by atoms with van der Waals surface area (Å²) in [7, 11) is 0. The normalized spacial score (nSPS) is 12.1. The van der Waals surface area contributed by atoms with Crippen LogP contribution in [0.4, 0.5) is 0 Å². The predicted molar refractivity (Wildman–Crippen MR) is 125 cm³/mol. The highest BCUT2D eigenvalue weighted by molar-refractivity contribution is 6.17. The van der Waals surface area contributed by atoms with Gasteiger partial charge in [0.2, 0.25) is 0 Å². The van der Waals surface area contributed by atoms with Crippen LogP contribution in [0.1, 0.15) is 39.7 Å². The van der Waals surface area contributed by atoms with Crippen molar-refractivity contribution in [3.63, 3.8) is 0 Å². The lowest BCUT2D eigenvalue weighted by molar-refractivity contribution is -0.149. The van der Waals surface area contributed by atoms with Crippen LogP contribution < -0.4 is 0 Å². The van der Waals surface area contributed by atoms with E-state index in [1.807, 2.05) is 86.6 Å². The lowest BCUT2D eigenvalue weighted by atomic mass is 10.00. The van der Waals surface area contributed by atoms with E-state index < -0.39 is 12.1 Å². The number of carboxylic acids is 1. The van der Waals surface area contributed by atoms with E-state index >= 15 is 0 Å². The van der Waals surface area contributed by atoms with Crippen LogP contribution in [0.5, 0.6) is 0 Å². The summed E-state index contributed by atoms with van der Waals surface area (Å²) in [5.41, 5.74) is 6.13. The zero-order valence-electron chi connectivity index (χ0n) is 18.3. The molecule has 0 radical (unpaired) electrons. The Bertz CT molecular complexity index is 1280. The van der Waals surface area contributed by atoms with Crippen LogP contribution in [0.25, 0.3) is 16.6 Å². The van der Waals surface area contributed by atoms with E-state index in [9.17, 15) is 9.59 Å². The van der Waals surface area contributed by atoms with Gasteiger partial charge in [-0.1, -0.05) is 60.2 Å². The third-order valence-corrected chi connectivity index (χ3v) is 5.69. The maximum absolute atomic E-state index is 13.4. The Morgan fingerprint density at radius 1 is 0.938 bits per heavy atom. The highest BCUT2D eigenvalue weighted by atomic mass is 16.5. The van der Waals surface area contributed by atoms with E-state index in [2.05, 4.69) is 4.57 Å². The first-order valence-electron chi connectivity index (χ1n) is 10.5. The van der Waals surface area contributed by atoms with Crippen LogP contribution in [0.15, 0.2) is 72.8 Å². The Labute approximate surface area is 186 Å². The molecule has 1 aromatic heterocycles. The highest BCUT2D eigenvalue weighted by Crippen LogP contribution is 2.31. The van der Waals surface area contributed by atoms with Crippen molar-refractivity contribution in [2.24, 2.45) is 0 Å². The molecule has 0 bridgehead atoms. The maximum atomic E-state index is 13.4. The van der Waals surface area contributed by atoms with Crippen LogP contribution in [0.2, 0.25) is 0 Å². The average Bonchev–Trinajstić information content (AvgIpc) is 3.09. The third-order valence-electron chi connectivity index (χ3n) is 5.69. The monoisotopic (exact) mass is 427 g/mol. The molecular weight excluding hydrogens is 402 g/mol. The topological polar surface area (TPSA) is 68.5 Å². The number of ether oxygens (including phenoxy) is 1. The van der Waals surface area contributed by atoms with Gasteiger partial charge < -0.3 is 14.4 Å². The lowest BCUT2D eigenvalue weighted by Crippen LogP contribution is -2.19. The average molecular weight is 428 g/mol. The van der Waals surface area contributed by atoms with Crippen LogP contribution in [-0.4, -0.2) is 27.5 Å². The molecule has 0 aliphatic heterocycles. The molecule has 3 aromatic carbocycles. The first-order chi connectivity index (χ1) is 15.4. The van der Waals surface area contributed by atoms with Crippen molar-refractivity contribution >= 4 is 22.7 Å². The van der Waals surface area contributed by atoms with Crippen LogP contribution >= 0.6 is 0 Å². The summed E-state index contributed by atoms with van der Waals surface area (Å²) in [5.74, 6) is -0.980. The second-order valence-electron chi connectivity index (χ2n) is 7.97. The van der Waals surface area contributed by atoms with E-state index in [-0.39, 0.29) is 12.4 Å². The molecular formula is C27H25NO4. The van der Waals surface area contributed by atoms with Crippen LogP contribution in [-0.2, 0) is 16.1 Å². The minimum Gasteiger partial charge on any atom is -0.479 e. The number of carbonyl (C=O) groups is 2. The van der Waals surface area contributed by atoms with Crippen molar-refractivity contribution in [3.8, 4) is 5.69 Å². The number of hydrogen-bond acceptors (Lipinski definition) is 3. The molecule has 0 aliphatic rings. The van der Waals surface area contributed by atoms with E-state index in [4.69, 9.17) is 9.84 Å². The number of benzene rings is 3. The number of para-hydroxylation sites is 1. The van der Waals surface area contributed by atoms with E-state index in [1.165, 1.54) is 6.92 Å². The number of ketones is 1. The number of fused-ring (bicyclic) bond motifs is 1. The van der Waals surface area contributed by atoms with Gasteiger partial charge in [0, 0.05) is 22.3 Å². The number of nitrogens with zero attached hydrogens (tertiary/aromatic N) is 1. The van der Waals surface area contributed by atoms with E-state index in [0.717, 1.165) is 33.4 Å². The van der Waals surface area contributed by atoms with Gasteiger partial charge in [-0.15, -0.1) is 0 Å². The van der Waals surface area contributed by atoms with Crippen LogP contribution in [0.3, 0.4) is 0 Å². The fourth-order valence-corrected chi connectivity index (χ4v) is 3.87. The molecule has 4 rings (SSSR count). The SMILES string of the molecule is Cc1ccc(C(=O)c2c(C)n(-c3ccc(CO[C@H](C)C(=O)O)cc3)c3ccccc23)cc1. The number of aliphatic carboxylic acids is 1. The zero-order chi connectivity index (χ0) is 22.8. The van der Waals surface area contributed by atoms with Gasteiger partial charge in [0.25, 0.3) is 0 Å². The summed E-state index contributed by atoms with van der Waals surface area (Å²) in [6.07, 6.45) is -0.861. The van der Waals surface area contributed by atoms with Gasteiger partial charge in [0.05, 0.1) is 17.7 Å². The molecule has 0 saturated carbocycles. The first-order valence-corrected chi connectivity index (χ1v) is 10.5. The van der Waals surface area contributed by atoms with Gasteiger partial charge in [0.1, 0.15) is 0 Å². The molecule has 0 saturated heterocycles. The Morgan fingerprint density at radius 2 is 1.59 bits per heavy atom. The van der Waals surface area contributed by atoms with Gasteiger partial charge in [-0.2, -0.15) is 0 Å². The largest absolute Gasteiger partial charge is 0.479 e. The highest BCUT2D eigenvalue weighted by Gasteiger charge is 2.21. The second-order valence-corrected chi connectivity index (χ2v) is 7.97. The summed E-state index contributed by atoms with van der Waals surface area (Å²) >= 11 is 0. The molecule has 0 aliphatic carbocycles. The van der Waals surface area contributed by atoms with Gasteiger partial charge >= 0.3 is 5.97 Å². The number of hydrogen-bond donors (Lipinski definition) is 1. The first kappa shape index (κ1) is 21.5. The molecule has 5 nitrogen and oxygen atoms in total. The Morgan fingerprint density at radius 3 is 2.25 bits per heavy atom. The maximum Gasteiger partial charge on any atom is 0.332 e. The summed E-state index contributed by atoms with van der Waals surface area (Å²) in [5, 5.41) is 9.89. The fraction of sp³-hybridized carbons (Fsp3) is 0.185. The molecule has 1 N–H and O–H groups in total. The smallest absolute Gasteiger partial charge is 0.332 e. The van der Waals surface area contributed by atoms with Crippen molar-refractivity contribution in [2.45, 2.75) is 33.5 Å². The molecule has 4 aromatic rings. The molecule has 32 heavy (non-hydrogen) atoms. The molecule has 5 heteroatoms. The Kier molecular flexibility index (Phi) is 5.93. The van der Waals surface area contributed by atoms with Gasteiger partial charge in [-0.05, 0) is 44.5 Å². The van der Waals surface area contributed by atoms with Crippen molar-refractivity contribution in [3.05, 3.63) is 101 Å². The van der Waals surface area contributed by atoms with Gasteiger partial charge in [-0.3, -0.25) is 4.79 Å². The summed E-state index contributed by atoms with van der Waals surface area (Å²) in [4.78, 5) is 24.4. The molecule has 0 amide bonds. The Hall–Kier alpha value is -3.70. The summed E-state index contributed by atoms with van der Waals surface area (Å²) in [6, 6.07) is 23.3. The molecule has 1 atom stereocenters. The molecule has 162 valence electrons. The van der Waals surface area contributed by atoms with Crippen molar-refractivity contribution in [1.29, 1.82) is 0 Å².